The number of rotatable bonds is 3. The van der Waals surface area contributed by atoms with E-state index >= 15 is 0 Å². The van der Waals surface area contributed by atoms with E-state index in [9.17, 15) is 13.2 Å². The minimum absolute atomic E-state index is 0.253. The Morgan fingerprint density at radius 2 is 2.18 bits per heavy atom. The fraction of sp³-hybridized carbons (Fsp3) is 0.462. The molecule has 0 unspecified atom stereocenters. The number of aromatic amines is 1. The fourth-order valence-electron chi connectivity index (χ4n) is 2.55. The molecule has 3 heterocycles. The van der Waals surface area contributed by atoms with Crippen LogP contribution in [0, 0.1) is 0 Å². The molecule has 1 aliphatic rings. The molecule has 0 atom stereocenters. The Morgan fingerprint density at radius 1 is 1.41 bits per heavy atom. The first-order valence-electron chi connectivity index (χ1n) is 6.86. The summed E-state index contributed by atoms with van der Waals surface area (Å²) in [6.07, 6.45) is 3.33. The lowest BCUT2D eigenvalue weighted by Crippen LogP contribution is -2.36. The summed E-state index contributed by atoms with van der Waals surface area (Å²) in [5, 5.41) is 3.87. The summed E-state index contributed by atoms with van der Waals surface area (Å²) in [7, 11) is -1.64. The third-order valence-electron chi connectivity index (χ3n) is 3.79. The van der Waals surface area contributed by atoms with E-state index in [-0.39, 0.29) is 10.7 Å². The van der Waals surface area contributed by atoms with E-state index in [0.29, 0.717) is 30.8 Å². The van der Waals surface area contributed by atoms with Crippen LogP contribution in [0.5, 0.6) is 0 Å². The van der Waals surface area contributed by atoms with Crippen LogP contribution in [0.25, 0.3) is 0 Å². The zero-order chi connectivity index (χ0) is 15.9. The number of hydrogen-bond donors (Lipinski definition) is 1. The van der Waals surface area contributed by atoms with Gasteiger partial charge in [0.25, 0.3) is 5.56 Å². The molecule has 118 valence electrons. The van der Waals surface area contributed by atoms with Gasteiger partial charge in [0, 0.05) is 45.6 Å². The fourth-order valence-corrected chi connectivity index (χ4v) is 3.11. The molecule has 0 radical (unpaired) electrons. The van der Waals surface area contributed by atoms with Crippen LogP contribution in [-0.4, -0.2) is 45.9 Å². The standard InChI is InChI=1S/C13H17N5O3S/c1-17-9(3-5-14-17)7-18-6-4-11-10(8-18)12(19)16-13(15-11)22(2,20)21/h3,5H,4,6-8H2,1-2H3,(H,15,16,19). The molecule has 0 bridgehead atoms. The average Bonchev–Trinajstić information content (AvgIpc) is 2.84. The zero-order valence-corrected chi connectivity index (χ0v) is 13.2. The molecular formula is C13H17N5O3S. The second-order valence-electron chi connectivity index (χ2n) is 5.48. The summed E-state index contributed by atoms with van der Waals surface area (Å²) in [4.78, 5) is 20.7. The normalized spacial score (nSPS) is 15.7. The molecule has 9 heteroatoms. The number of fused-ring (bicyclic) bond motifs is 1. The lowest BCUT2D eigenvalue weighted by Gasteiger charge is -2.27. The van der Waals surface area contributed by atoms with Crippen LogP contribution in [0.2, 0.25) is 0 Å². The maximum Gasteiger partial charge on any atom is 0.256 e. The number of nitrogens with one attached hydrogen (secondary N) is 1. The molecule has 0 aromatic carbocycles. The maximum absolute atomic E-state index is 12.1. The molecule has 0 saturated heterocycles. The van der Waals surface area contributed by atoms with Crippen molar-refractivity contribution in [2.45, 2.75) is 24.7 Å². The molecular weight excluding hydrogens is 306 g/mol. The highest BCUT2D eigenvalue weighted by Crippen LogP contribution is 2.17. The van der Waals surface area contributed by atoms with Gasteiger partial charge in [0.1, 0.15) is 0 Å². The first-order chi connectivity index (χ1) is 10.3. The predicted octanol–water partition coefficient (Wildman–Crippen LogP) is -0.535. The van der Waals surface area contributed by atoms with E-state index in [0.717, 1.165) is 18.5 Å². The number of hydrogen-bond acceptors (Lipinski definition) is 6. The van der Waals surface area contributed by atoms with Crippen LogP contribution in [-0.2, 0) is 36.4 Å². The third-order valence-corrected chi connectivity index (χ3v) is 4.68. The minimum Gasteiger partial charge on any atom is -0.297 e. The molecule has 2 aromatic heterocycles. The monoisotopic (exact) mass is 323 g/mol. The van der Waals surface area contributed by atoms with Crippen molar-refractivity contribution in [3.63, 3.8) is 0 Å². The van der Waals surface area contributed by atoms with Gasteiger partial charge in [-0.25, -0.2) is 13.4 Å². The van der Waals surface area contributed by atoms with Crippen molar-refractivity contribution in [2.24, 2.45) is 7.05 Å². The van der Waals surface area contributed by atoms with Crippen molar-refractivity contribution in [3.05, 3.63) is 39.6 Å². The quantitative estimate of drug-likeness (QED) is 0.762. The summed E-state index contributed by atoms with van der Waals surface area (Å²) in [6.45, 7) is 1.86. The van der Waals surface area contributed by atoms with Crippen molar-refractivity contribution >= 4 is 9.84 Å². The molecule has 0 fully saturated rings. The summed E-state index contributed by atoms with van der Waals surface area (Å²) in [5.41, 5.74) is 1.80. The van der Waals surface area contributed by atoms with Crippen LogP contribution < -0.4 is 5.56 Å². The van der Waals surface area contributed by atoms with E-state index < -0.39 is 9.84 Å². The Kier molecular flexibility index (Phi) is 3.61. The largest absolute Gasteiger partial charge is 0.297 e. The van der Waals surface area contributed by atoms with Crippen molar-refractivity contribution in [1.29, 1.82) is 0 Å². The summed E-state index contributed by atoms with van der Waals surface area (Å²) in [6, 6.07) is 1.94. The Hall–Kier alpha value is -2.00. The Labute approximate surface area is 127 Å². The van der Waals surface area contributed by atoms with Crippen LogP contribution in [0.4, 0.5) is 0 Å². The number of H-pyrrole nitrogens is 1. The Bertz CT molecular complexity index is 868. The van der Waals surface area contributed by atoms with Gasteiger partial charge in [-0.3, -0.25) is 19.4 Å². The van der Waals surface area contributed by atoms with Gasteiger partial charge in [-0.15, -0.1) is 0 Å². The molecule has 3 rings (SSSR count). The maximum atomic E-state index is 12.1. The van der Waals surface area contributed by atoms with Gasteiger partial charge in [-0.05, 0) is 6.07 Å². The summed E-state index contributed by atoms with van der Waals surface area (Å²) >= 11 is 0. The molecule has 1 N–H and O–H groups in total. The van der Waals surface area contributed by atoms with E-state index in [1.807, 2.05) is 13.1 Å². The zero-order valence-electron chi connectivity index (χ0n) is 12.4. The number of sulfone groups is 1. The Balaban J connectivity index is 1.88. The number of aryl methyl sites for hydroxylation is 1. The first kappa shape index (κ1) is 14.9. The van der Waals surface area contributed by atoms with Crippen LogP contribution in [0.3, 0.4) is 0 Å². The highest BCUT2D eigenvalue weighted by molar-refractivity contribution is 7.90. The van der Waals surface area contributed by atoms with Crippen molar-refractivity contribution in [3.8, 4) is 0 Å². The molecule has 0 spiro atoms. The number of nitrogens with zero attached hydrogens (tertiary/aromatic N) is 4. The molecule has 2 aromatic rings. The first-order valence-corrected chi connectivity index (χ1v) is 8.75. The predicted molar refractivity (Wildman–Crippen MR) is 79.0 cm³/mol. The molecule has 22 heavy (non-hydrogen) atoms. The van der Waals surface area contributed by atoms with E-state index in [1.165, 1.54) is 0 Å². The Morgan fingerprint density at radius 3 is 2.82 bits per heavy atom. The highest BCUT2D eigenvalue weighted by atomic mass is 32.2. The van der Waals surface area contributed by atoms with Crippen LogP contribution in [0.15, 0.2) is 22.2 Å². The van der Waals surface area contributed by atoms with Crippen molar-refractivity contribution in [2.75, 3.05) is 12.8 Å². The van der Waals surface area contributed by atoms with E-state index in [4.69, 9.17) is 0 Å². The third kappa shape index (κ3) is 2.81. The van der Waals surface area contributed by atoms with Gasteiger partial charge in [0.2, 0.25) is 15.0 Å². The molecule has 8 nitrogen and oxygen atoms in total. The van der Waals surface area contributed by atoms with Gasteiger partial charge in [-0.2, -0.15) is 5.10 Å². The van der Waals surface area contributed by atoms with Crippen molar-refractivity contribution in [1.82, 2.24) is 24.6 Å². The summed E-state index contributed by atoms with van der Waals surface area (Å²) in [5.74, 6) is 0. The van der Waals surface area contributed by atoms with Crippen molar-refractivity contribution < 1.29 is 8.42 Å². The van der Waals surface area contributed by atoms with Gasteiger partial charge in [0.15, 0.2) is 0 Å². The van der Waals surface area contributed by atoms with Gasteiger partial charge < -0.3 is 0 Å². The second-order valence-corrected chi connectivity index (χ2v) is 7.41. The van der Waals surface area contributed by atoms with E-state index in [2.05, 4.69) is 20.0 Å². The summed E-state index contributed by atoms with van der Waals surface area (Å²) < 4.78 is 24.9. The van der Waals surface area contributed by atoms with E-state index in [1.54, 1.807) is 10.9 Å². The molecule has 0 aliphatic carbocycles. The molecule has 1 aliphatic heterocycles. The number of aromatic nitrogens is 4. The smallest absolute Gasteiger partial charge is 0.256 e. The topological polar surface area (TPSA) is 101 Å². The lowest BCUT2D eigenvalue weighted by molar-refractivity contribution is 0.234. The van der Waals surface area contributed by atoms with Crippen LogP contribution in [0.1, 0.15) is 17.0 Å². The van der Waals surface area contributed by atoms with Gasteiger partial charge in [-0.1, -0.05) is 0 Å². The van der Waals surface area contributed by atoms with Gasteiger partial charge in [0.05, 0.1) is 17.0 Å². The lowest BCUT2D eigenvalue weighted by atomic mass is 10.1. The van der Waals surface area contributed by atoms with Gasteiger partial charge >= 0.3 is 0 Å². The molecule has 0 amide bonds. The van der Waals surface area contributed by atoms with Crippen LogP contribution >= 0.6 is 0 Å². The SMILES string of the molecule is Cn1nccc1CN1CCc2nc(S(C)(=O)=O)[nH]c(=O)c2C1. The molecule has 0 saturated carbocycles. The highest BCUT2D eigenvalue weighted by Gasteiger charge is 2.23. The second kappa shape index (κ2) is 5.33. The average molecular weight is 323 g/mol. The minimum atomic E-state index is -3.51.